The Morgan fingerprint density at radius 3 is 1.55 bits per heavy atom. The van der Waals surface area contributed by atoms with Crippen molar-refractivity contribution in [2.75, 3.05) is 0 Å². The van der Waals surface area contributed by atoms with Crippen LogP contribution in [0.1, 0.15) is 11.4 Å². The summed E-state index contributed by atoms with van der Waals surface area (Å²) in [5, 5.41) is 1.99. The maximum Gasteiger partial charge on any atom is 1.20 e. The Morgan fingerprint density at radius 1 is 0.474 bits per heavy atom. The maximum absolute atomic E-state index is 6.49. The van der Waals surface area contributed by atoms with E-state index in [4.69, 9.17) is 21.3 Å². The highest BCUT2D eigenvalue weighted by Crippen LogP contribution is 2.29. The predicted octanol–water partition coefficient (Wildman–Crippen LogP) is 7.59. The van der Waals surface area contributed by atoms with E-state index in [1.54, 1.807) is 0 Å². The van der Waals surface area contributed by atoms with Gasteiger partial charge in [-0.2, -0.15) is 0 Å². The third-order valence-corrected chi connectivity index (χ3v) is 7.64. The molecule has 0 saturated heterocycles. The van der Waals surface area contributed by atoms with Gasteiger partial charge in [0.25, 0.3) is 0 Å². The molecule has 2 aromatic heterocycles. The number of hydrogen-bond acceptors (Lipinski definition) is 5. The number of fused-ring (bicyclic) bond motifs is 2. The quantitative estimate of drug-likeness (QED) is 0.206. The molecule has 184 valence electrons. The molecule has 0 aliphatic carbocycles. The maximum atomic E-state index is 6.49. The van der Waals surface area contributed by atoms with E-state index in [-0.39, 0.29) is 0 Å². The fourth-order valence-corrected chi connectivity index (χ4v) is 5.69. The molecule has 38 heavy (non-hydrogen) atoms. The standard InChI is InChI=1S/C12H10O.2C10H9NO.Al/c13-12-8-6-11(7-9-12)10-4-2-1-3-5-10;2*1-7-5-6-8-3-2-4-9(12)10(8)11-7;/h1-9,13H;2*2-6,12H,1H3;/q;;;+3/p-3. The molecule has 6 aromatic rings. The van der Waals surface area contributed by atoms with Gasteiger partial charge >= 0.3 is 15.1 Å². The van der Waals surface area contributed by atoms with Crippen molar-refractivity contribution in [3.05, 3.63) is 127 Å². The molecule has 0 spiro atoms. The largest absolute Gasteiger partial charge is 1.20 e. The number of para-hydroxylation sites is 2. The number of aromatic nitrogens is 2. The number of nitrogens with zero attached hydrogens (tertiary/aromatic N) is 2. The van der Waals surface area contributed by atoms with Crippen LogP contribution in [0.2, 0.25) is 0 Å². The Morgan fingerprint density at radius 2 is 1.00 bits per heavy atom. The molecule has 0 atom stereocenters. The Hall–Kier alpha value is -4.37. The highest BCUT2D eigenvalue weighted by Gasteiger charge is 2.45. The summed E-state index contributed by atoms with van der Waals surface area (Å²) in [6.45, 7) is 3.94. The lowest BCUT2D eigenvalue weighted by Crippen LogP contribution is -2.37. The average molecular weight is 513 g/mol. The smallest absolute Gasteiger partial charge is 0.577 e. The van der Waals surface area contributed by atoms with Crippen LogP contribution < -0.4 is 11.4 Å². The molecule has 0 saturated carbocycles. The van der Waals surface area contributed by atoms with Crippen LogP contribution in [0.15, 0.2) is 115 Å². The van der Waals surface area contributed by atoms with Gasteiger partial charge in [0.05, 0.1) is 5.75 Å². The SMILES string of the molecule is Cc1ccc2cccc([O][Al]([O]c3ccc(-c4ccccc4)cc3)[O]c3cccc4ccc(C)nc34)c2n1. The van der Waals surface area contributed by atoms with Crippen molar-refractivity contribution in [3.63, 3.8) is 0 Å². The monoisotopic (exact) mass is 512 g/mol. The molecule has 0 fully saturated rings. The minimum absolute atomic E-state index is 0.633. The first-order chi connectivity index (χ1) is 18.6. The predicted molar refractivity (Wildman–Crippen MR) is 152 cm³/mol. The zero-order valence-corrected chi connectivity index (χ0v) is 22.3. The summed E-state index contributed by atoms with van der Waals surface area (Å²) >= 11 is -2.83. The van der Waals surface area contributed by atoms with Gasteiger partial charge in [-0.1, -0.05) is 78.9 Å². The van der Waals surface area contributed by atoms with E-state index in [0.717, 1.165) is 44.3 Å². The van der Waals surface area contributed by atoms with E-state index in [9.17, 15) is 0 Å². The Kier molecular flexibility index (Phi) is 6.66. The summed E-state index contributed by atoms with van der Waals surface area (Å²) in [6.07, 6.45) is 0. The number of aryl methyl sites for hydroxylation is 2. The normalized spacial score (nSPS) is 10.9. The summed E-state index contributed by atoms with van der Waals surface area (Å²) < 4.78 is 19.4. The lowest BCUT2D eigenvalue weighted by atomic mass is 10.1. The third kappa shape index (κ3) is 5.19. The second-order valence-corrected chi connectivity index (χ2v) is 10.4. The molecule has 6 heteroatoms. The van der Waals surface area contributed by atoms with E-state index in [1.165, 1.54) is 0 Å². The first-order valence-corrected chi connectivity index (χ1v) is 13.9. The summed E-state index contributed by atoms with van der Waals surface area (Å²) in [7, 11) is 0. The van der Waals surface area contributed by atoms with Crippen LogP contribution in [0.5, 0.6) is 17.2 Å². The van der Waals surface area contributed by atoms with Crippen molar-refractivity contribution in [1.82, 2.24) is 9.97 Å². The fraction of sp³-hybridized carbons (Fsp3) is 0.0625. The second-order valence-electron chi connectivity index (χ2n) is 9.09. The lowest BCUT2D eigenvalue weighted by Gasteiger charge is -2.18. The van der Waals surface area contributed by atoms with Crippen LogP contribution in [0.3, 0.4) is 0 Å². The van der Waals surface area contributed by atoms with Crippen molar-refractivity contribution in [2.45, 2.75) is 13.8 Å². The number of benzene rings is 4. The van der Waals surface area contributed by atoms with E-state index < -0.39 is 15.1 Å². The minimum Gasteiger partial charge on any atom is -0.577 e. The fourth-order valence-electron chi connectivity index (χ4n) is 4.37. The van der Waals surface area contributed by atoms with Crippen LogP contribution in [0, 0.1) is 13.8 Å². The first kappa shape index (κ1) is 24.0. The highest BCUT2D eigenvalue weighted by molar-refractivity contribution is 6.40. The van der Waals surface area contributed by atoms with Crippen molar-refractivity contribution in [3.8, 4) is 28.4 Å². The van der Waals surface area contributed by atoms with Crippen molar-refractivity contribution in [2.24, 2.45) is 0 Å². The molecule has 0 N–H and O–H groups in total. The summed E-state index contributed by atoms with van der Waals surface area (Å²) in [4.78, 5) is 9.45. The van der Waals surface area contributed by atoms with Crippen molar-refractivity contribution >= 4 is 37.0 Å². The van der Waals surface area contributed by atoms with Gasteiger partial charge in [-0.25, -0.2) is 9.97 Å². The molecular formula is C32H25AlN2O3. The van der Waals surface area contributed by atoms with Gasteiger partial charge in [-0.3, -0.25) is 0 Å². The van der Waals surface area contributed by atoms with E-state index >= 15 is 0 Å². The third-order valence-electron chi connectivity index (χ3n) is 6.29. The number of rotatable bonds is 7. The second kappa shape index (κ2) is 10.6. The number of hydrogen-bond donors (Lipinski definition) is 0. The molecule has 0 aliphatic heterocycles. The van der Waals surface area contributed by atoms with E-state index in [2.05, 4.69) is 12.1 Å². The van der Waals surface area contributed by atoms with Gasteiger partial charge in [0, 0.05) is 22.2 Å². The van der Waals surface area contributed by atoms with Crippen molar-refractivity contribution in [1.29, 1.82) is 0 Å². The topological polar surface area (TPSA) is 53.5 Å². The molecule has 5 nitrogen and oxygen atoms in total. The highest BCUT2D eigenvalue weighted by atomic mass is 27.3. The molecular weight excluding hydrogens is 487 g/mol. The van der Waals surface area contributed by atoms with Crippen LogP contribution in [-0.4, -0.2) is 25.1 Å². The van der Waals surface area contributed by atoms with Gasteiger partial charge < -0.3 is 11.4 Å². The molecule has 0 bridgehead atoms. The van der Waals surface area contributed by atoms with Crippen LogP contribution >= 0.6 is 0 Å². The van der Waals surface area contributed by atoms with Gasteiger partial charge in [0.2, 0.25) is 0 Å². The molecule has 0 amide bonds. The minimum atomic E-state index is -2.83. The molecule has 0 aliphatic rings. The Balaban J connectivity index is 1.35. The van der Waals surface area contributed by atoms with Crippen LogP contribution in [0.4, 0.5) is 0 Å². The van der Waals surface area contributed by atoms with Gasteiger partial charge in [-0.05, 0) is 61.4 Å². The van der Waals surface area contributed by atoms with Gasteiger partial charge in [0.1, 0.15) is 22.5 Å². The molecule has 6 rings (SSSR count). The van der Waals surface area contributed by atoms with Crippen LogP contribution in [-0.2, 0) is 0 Å². The summed E-state index contributed by atoms with van der Waals surface area (Å²) in [5.41, 5.74) is 5.65. The van der Waals surface area contributed by atoms with Crippen molar-refractivity contribution < 1.29 is 11.4 Å². The molecule has 4 aromatic carbocycles. The summed E-state index contributed by atoms with van der Waals surface area (Å²) in [6, 6.07) is 38.1. The van der Waals surface area contributed by atoms with E-state index in [1.807, 2.05) is 117 Å². The average Bonchev–Trinajstić information content (AvgIpc) is 2.94. The summed E-state index contributed by atoms with van der Waals surface area (Å²) in [5.74, 6) is 1.94. The lowest BCUT2D eigenvalue weighted by molar-refractivity contribution is 0.310. The molecule has 0 radical (unpaired) electrons. The van der Waals surface area contributed by atoms with E-state index in [0.29, 0.717) is 17.2 Å². The first-order valence-electron chi connectivity index (χ1n) is 12.5. The van der Waals surface area contributed by atoms with Crippen LogP contribution in [0.25, 0.3) is 32.9 Å². The van der Waals surface area contributed by atoms with Gasteiger partial charge in [0.15, 0.2) is 0 Å². The zero-order chi connectivity index (χ0) is 25.9. The Bertz CT molecular complexity index is 1640. The number of pyridine rings is 2. The van der Waals surface area contributed by atoms with Gasteiger partial charge in [-0.15, -0.1) is 0 Å². The molecule has 0 unspecified atom stereocenters. The molecule has 2 heterocycles. The zero-order valence-electron chi connectivity index (χ0n) is 21.2. The Labute approximate surface area is 226 Å².